The van der Waals surface area contributed by atoms with Gasteiger partial charge in [0, 0.05) is 36.7 Å². The predicted octanol–water partition coefficient (Wildman–Crippen LogP) is 3.20. The van der Waals surface area contributed by atoms with Crippen molar-refractivity contribution in [2.45, 2.75) is 32.6 Å². The lowest BCUT2D eigenvalue weighted by molar-refractivity contribution is -0.132. The van der Waals surface area contributed by atoms with E-state index in [1.165, 1.54) is 11.3 Å². The molecule has 0 aliphatic carbocycles. The fraction of sp³-hybridized carbons (Fsp3) is 0.381. The highest BCUT2D eigenvalue weighted by molar-refractivity contribution is 7.16. The number of hydrogen-bond acceptors (Lipinski definition) is 4. The van der Waals surface area contributed by atoms with Crippen molar-refractivity contribution in [1.82, 2.24) is 4.90 Å². The van der Waals surface area contributed by atoms with E-state index in [2.05, 4.69) is 12.2 Å². The van der Waals surface area contributed by atoms with Gasteiger partial charge in [-0.05, 0) is 24.5 Å². The SMILES string of the molecule is CC(=O)N1CCC(C(=O)Nc2sc(C(C)c3ccccc3)cc2C(N)=O)CC1. The summed E-state index contributed by atoms with van der Waals surface area (Å²) in [6, 6.07) is 11.8. The molecule has 1 unspecified atom stereocenters. The van der Waals surface area contributed by atoms with E-state index in [9.17, 15) is 14.4 Å². The Morgan fingerprint density at radius 2 is 1.82 bits per heavy atom. The Bertz CT molecular complexity index is 870. The molecule has 2 aromatic rings. The van der Waals surface area contributed by atoms with E-state index in [1.807, 2.05) is 30.3 Å². The highest BCUT2D eigenvalue weighted by atomic mass is 32.1. The second kappa shape index (κ2) is 8.56. The van der Waals surface area contributed by atoms with Crippen molar-refractivity contribution >= 4 is 34.1 Å². The first-order valence-electron chi connectivity index (χ1n) is 9.41. The molecule has 3 amide bonds. The van der Waals surface area contributed by atoms with Gasteiger partial charge in [-0.15, -0.1) is 11.3 Å². The fourth-order valence-electron chi connectivity index (χ4n) is 3.48. The molecule has 1 aliphatic heterocycles. The van der Waals surface area contributed by atoms with Gasteiger partial charge in [0.25, 0.3) is 5.91 Å². The summed E-state index contributed by atoms with van der Waals surface area (Å²) in [6.45, 7) is 4.77. The highest BCUT2D eigenvalue weighted by Crippen LogP contribution is 2.36. The molecule has 6 nitrogen and oxygen atoms in total. The van der Waals surface area contributed by atoms with Crippen LogP contribution in [0.5, 0.6) is 0 Å². The van der Waals surface area contributed by atoms with Crippen LogP contribution in [0.4, 0.5) is 5.00 Å². The molecule has 28 heavy (non-hydrogen) atoms. The van der Waals surface area contributed by atoms with Crippen molar-refractivity contribution in [3.63, 3.8) is 0 Å². The first kappa shape index (κ1) is 20.1. The molecule has 1 saturated heterocycles. The summed E-state index contributed by atoms with van der Waals surface area (Å²) in [5.74, 6) is -0.717. The monoisotopic (exact) mass is 399 g/mol. The van der Waals surface area contributed by atoms with Gasteiger partial charge in [0.2, 0.25) is 11.8 Å². The lowest BCUT2D eigenvalue weighted by Gasteiger charge is -2.30. The maximum atomic E-state index is 12.7. The Morgan fingerprint density at radius 1 is 1.18 bits per heavy atom. The molecule has 3 N–H and O–H groups in total. The van der Waals surface area contributed by atoms with Crippen molar-refractivity contribution < 1.29 is 14.4 Å². The fourth-order valence-corrected chi connectivity index (χ4v) is 4.62. The summed E-state index contributed by atoms with van der Waals surface area (Å²) in [5.41, 5.74) is 7.02. The smallest absolute Gasteiger partial charge is 0.251 e. The van der Waals surface area contributed by atoms with Crippen LogP contribution in [-0.2, 0) is 9.59 Å². The van der Waals surface area contributed by atoms with Gasteiger partial charge < -0.3 is 16.0 Å². The van der Waals surface area contributed by atoms with Gasteiger partial charge in [-0.1, -0.05) is 37.3 Å². The maximum Gasteiger partial charge on any atom is 0.251 e. The van der Waals surface area contributed by atoms with Crippen molar-refractivity contribution in [3.8, 4) is 0 Å². The van der Waals surface area contributed by atoms with Crippen molar-refractivity contribution in [3.05, 3.63) is 52.4 Å². The largest absolute Gasteiger partial charge is 0.366 e. The summed E-state index contributed by atoms with van der Waals surface area (Å²) < 4.78 is 0. The molecule has 7 heteroatoms. The molecular weight excluding hydrogens is 374 g/mol. The Labute approximate surface area is 168 Å². The number of primary amides is 1. The number of carbonyl (C=O) groups excluding carboxylic acids is 3. The number of nitrogens with one attached hydrogen (secondary N) is 1. The van der Waals surface area contributed by atoms with Crippen LogP contribution >= 0.6 is 11.3 Å². The minimum atomic E-state index is -0.551. The van der Waals surface area contributed by atoms with E-state index in [0.29, 0.717) is 36.5 Å². The molecule has 1 aromatic heterocycles. The number of thiophene rings is 1. The van der Waals surface area contributed by atoms with E-state index < -0.39 is 5.91 Å². The number of piperidine rings is 1. The minimum Gasteiger partial charge on any atom is -0.366 e. The third kappa shape index (κ3) is 4.42. The molecule has 1 atom stereocenters. The Morgan fingerprint density at radius 3 is 2.39 bits per heavy atom. The average Bonchev–Trinajstić information content (AvgIpc) is 3.12. The summed E-state index contributed by atoms with van der Waals surface area (Å²) in [6.07, 6.45) is 1.24. The Kier molecular flexibility index (Phi) is 6.14. The zero-order chi connectivity index (χ0) is 20.3. The molecule has 3 rings (SSSR count). The van der Waals surface area contributed by atoms with Gasteiger partial charge >= 0.3 is 0 Å². The predicted molar refractivity (Wildman–Crippen MR) is 110 cm³/mol. The third-order valence-electron chi connectivity index (χ3n) is 5.29. The number of carbonyl (C=O) groups is 3. The van der Waals surface area contributed by atoms with Crippen LogP contribution in [-0.4, -0.2) is 35.7 Å². The first-order chi connectivity index (χ1) is 13.4. The third-order valence-corrected chi connectivity index (χ3v) is 6.52. The van der Waals surface area contributed by atoms with E-state index in [0.717, 1.165) is 10.4 Å². The minimum absolute atomic E-state index is 0.0349. The quantitative estimate of drug-likeness (QED) is 0.809. The van der Waals surface area contributed by atoms with Crippen LogP contribution in [0.25, 0.3) is 0 Å². The zero-order valence-corrected chi connectivity index (χ0v) is 16.9. The molecule has 148 valence electrons. The normalized spacial score (nSPS) is 15.9. The lowest BCUT2D eigenvalue weighted by atomic mass is 9.96. The Hall–Kier alpha value is -2.67. The second-order valence-electron chi connectivity index (χ2n) is 7.16. The van der Waals surface area contributed by atoms with Gasteiger partial charge in [0.05, 0.1) is 5.56 Å². The number of nitrogens with zero attached hydrogens (tertiary/aromatic N) is 1. The summed E-state index contributed by atoms with van der Waals surface area (Å²) in [5, 5.41) is 3.41. The maximum absolute atomic E-state index is 12.7. The van der Waals surface area contributed by atoms with Gasteiger partial charge in [-0.3, -0.25) is 14.4 Å². The van der Waals surface area contributed by atoms with E-state index in [1.54, 1.807) is 17.9 Å². The number of hydrogen-bond donors (Lipinski definition) is 2. The van der Waals surface area contributed by atoms with Crippen molar-refractivity contribution in [2.75, 3.05) is 18.4 Å². The average molecular weight is 400 g/mol. The van der Waals surface area contributed by atoms with Gasteiger partial charge in [-0.25, -0.2) is 0 Å². The van der Waals surface area contributed by atoms with Gasteiger partial charge in [0.1, 0.15) is 5.00 Å². The highest BCUT2D eigenvalue weighted by Gasteiger charge is 2.28. The van der Waals surface area contributed by atoms with E-state index >= 15 is 0 Å². The zero-order valence-electron chi connectivity index (χ0n) is 16.1. The van der Waals surface area contributed by atoms with Crippen LogP contribution < -0.4 is 11.1 Å². The Balaban J connectivity index is 1.74. The molecule has 0 bridgehead atoms. The van der Waals surface area contributed by atoms with E-state index in [4.69, 9.17) is 5.73 Å². The topological polar surface area (TPSA) is 92.5 Å². The van der Waals surface area contributed by atoms with Crippen LogP contribution in [0, 0.1) is 5.92 Å². The molecule has 1 aromatic carbocycles. The molecule has 0 spiro atoms. The van der Waals surface area contributed by atoms with Crippen LogP contribution in [0.1, 0.15) is 53.4 Å². The molecule has 0 radical (unpaired) electrons. The second-order valence-corrected chi connectivity index (χ2v) is 8.24. The van der Waals surface area contributed by atoms with Crippen LogP contribution in [0.15, 0.2) is 36.4 Å². The molecule has 1 fully saturated rings. The first-order valence-corrected chi connectivity index (χ1v) is 10.2. The van der Waals surface area contributed by atoms with Gasteiger partial charge in [0.15, 0.2) is 0 Å². The summed E-state index contributed by atoms with van der Waals surface area (Å²) in [7, 11) is 0. The number of nitrogens with two attached hydrogens (primary N) is 1. The molecule has 1 aliphatic rings. The summed E-state index contributed by atoms with van der Waals surface area (Å²) >= 11 is 1.39. The van der Waals surface area contributed by atoms with Crippen molar-refractivity contribution in [2.24, 2.45) is 11.7 Å². The number of rotatable bonds is 5. The molecule has 2 heterocycles. The number of likely N-dealkylation sites (tertiary alicyclic amines) is 1. The number of benzene rings is 1. The lowest BCUT2D eigenvalue weighted by Crippen LogP contribution is -2.40. The molecular formula is C21H25N3O3S. The van der Waals surface area contributed by atoms with Crippen LogP contribution in [0.2, 0.25) is 0 Å². The number of anilines is 1. The number of amides is 3. The molecule has 0 saturated carbocycles. The van der Waals surface area contributed by atoms with E-state index in [-0.39, 0.29) is 23.7 Å². The summed E-state index contributed by atoms with van der Waals surface area (Å²) in [4.78, 5) is 38.8. The van der Waals surface area contributed by atoms with Crippen molar-refractivity contribution in [1.29, 1.82) is 0 Å². The van der Waals surface area contributed by atoms with Gasteiger partial charge in [-0.2, -0.15) is 0 Å². The van der Waals surface area contributed by atoms with Crippen LogP contribution in [0.3, 0.4) is 0 Å². The standard InChI is InChI=1S/C21H25N3O3S/c1-13(15-6-4-3-5-7-15)18-12-17(19(22)26)21(28-18)23-20(27)16-8-10-24(11-9-16)14(2)25/h3-7,12-13,16H,8-11H2,1-2H3,(H2,22,26)(H,23,27).